The molecule has 1 spiro atoms. The molecule has 2 aliphatic rings. The zero-order valence-electron chi connectivity index (χ0n) is 21.4. The van der Waals surface area contributed by atoms with Crippen LogP contribution in [0.4, 0.5) is 5.69 Å². The van der Waals surface area contributed by atoms with Crippen LogP contribution >= 0.6 is 0 Å². The van der Waals surface area contributed by atoms with Gasteiger partial charge in [0.2, 0.25) is 0 Å². The molecule has 0 unspecified atom stereocenters. The molecule has 0 bridgehead atoms. The molecule has 0 saturated heterocycles. The van der Waals surface area contributed by atoms with E-state index in [4.69, 9.17) is 9.84 Å². The van der Waals surface area contributed by atoms with E-state index in [9.17, 15) is 9.90 Å². The summed E-state index contributed by atoms with van der Waals surface area (Å²) in [6, 6.07) is 17.0. The van der Waals surface area contributed by atoms with Gasteiger partial charge in [0.15, 0.2) is 0 Å². The van der Waals surface area contributed by atoms with Gasteiger partial charge in [-0.2, -0.15) is 0 Å². The number of benzene rings is 3. The van der Waals surface area contributed by atoms with Crippen molar-refractivity contribution in [3.05, 3.63) is 81.9 Å². The van der Waals surface area contributed by atoms with E-state index < -0.39 is 5.97 Å². The fourth-order valence-corrected chi connectivity index (χ4v) is 6.17. The van der Waals surface area contributed by atoms with Gasteiger partial charge in [0.1, 0.15) is 12.4 Å². The summed E-state index contributed by atoms with van der Waals surface area (Å²) < 4.78 is 5.63. The zero-order chi connectivity index (χ0) is 25.4. The number of aliphatic carboxylic acids is 1. The molecule has 1 atom stereocenters. The van der Waals surface area contributed by atoms with Crippen LogP contribution in [0.25, 0.3) is 11.1 Å². The first-order valence-electron chi connectivity index (χ1n) is 12.8. The summed E-state index contributed by atoms with van der Waals surface area (Å²) in [5.74, 6) is 0.243. The molecule has 0 amide bonds. The third-order valence-corrected chi connectivity index (χ3v) is 8.14. The molecule has 3 aromatic rings. The number of nitrogens with one attached hydrogen (secondary N) is 1. The van der Waals surface area contributed by atoms with E-state index >= 15 is 0 Å². The van der Waals surface area contributed by atoms with Gasteiger partial charge in [-0.05, 0) is 114 Å². The van der Waals surface area contributed by atoms with E-state index in [-0.39, 0.29) is 24.4 Å². The summed E-state index contributed by atoms with van der Waals surface area (Å²) in [4.78, 5) is 11.4. The van der Waals surface area contributed by atoms with Gasteiger partial charge in [-0.3, -0.25) is 4.79 Å². The number of rotatable bonds is 9. The number of carboxylic acid groups (broad SMARTS) is 1. The quantitative estimate of drug-likeness (QED) is 0.338. The summed E-state index contributed by atoms with van der Waals surface area (Å²) in [5.41, 5.74) is 11.1. The maximum atomic E-state index is 11.4. The first-order valence-corrected chi connectivity index (χ1v) is 12.8. The number of carbonyl (C=O) groups is 1. The lowest BCUT2D eigenvalue weighted by atomic mass is 9.87. The Balaban J connectivity index is 1.35. The fraction of sp³-hybridized carbons (Fsp3) is 0.387. The SMILES string of the molecule is Cc1cc(OCCO)cc(C)c1-c1cccc(CNc2ccc3c(c2)CC2(CC2)[C@@H]3CC(=O)O)c1C. The number of carboxylic acids is 1. The fourth-order valence-electron chi connectivity index (χ4n) is 6.17. The molecule has 2 aliphatic carbocycles. The molecule has 3 aromatic carbocycles. The second kappa shape index (κ2) is 9.62. The minimum absolute atomic E-state index is 0.00199. The number of aliphatic hydroxyl groups excluding tert-OH is 1. The van der Waals surface area contributed by atoms with Gasteiger partial charge >= 0.3 is 5.97 Å². The highest BCUT2D eigenvalue weighted by molar-refractivity contribution is 5.75. The first-order chi connectivity index (χ1) is 17.3. The Morgan fingerprint density at radius 3 is 2.50 bits per heavy atom. The van der Waals surface area contributed by atoms with Crippen LogP contribution in [0.3, 0.4) is 0 Å². The highest BCUT2D eigenvalue weighted by Crippen LogP contribution is 2.64. The van der Waals surface area contributed by atoms with Gasteiger partial charge in [0.05, 0.1) is 13.0 Å². The molecular weight excluding hydrogens is 450 g/mol. The highest BCUT2D eigenvalue weighted by Gasteiger charge is 2.54. The average molecular weight is 486 g/mol. The van der Waals surface area contributed by atoms with Crippen LogP contribution in [0, 0.1) is 26.2 Å². The van der Waals surface area contributed by atoms with Crippen molar-refractivity contribution in [2.45, 2.75) is 58.9 Å². The van der Waals surface area contributed by atoms with Gasteiger partial charge in [-0.15, -0.1) is 0 Å². The number of ether oxygens (including phenoxy) is 1. The molecule has 1 fully saturated rings. The van der Waals surface area contributed by atoms with Crippen molar-refractivity contribution >= 4 is 11.7 Å². The van der Waals surface area contributed by atoms with E-state index in [0.29, 0.717) is 6.61 Å². The van der Waals surface area contributed by atoms with Crippen LogP contribution in [-0.4, -0.2) is 29.4 Å². The summed E-state index contributed by atoms with van der Waals surface area (Å²) in [6.45, 7) is 7.40. The lowest BCUT2D eigenvalue weighted by Gasteiger charge is -2.18. The standard InChI is InChI=1S/C31H35NO4/c1-19-13-25(36-12-11-33)14-20(2)30(19)26-6-4-5-22(21(26)3)18-32-24-7-8-27-23(15-24)17-31(9-10-31)28(27)16-29(34)35/h4-8,13-15,28,32-33H,9-12,16-18H2,1-3H3,(H,34,35)/t28-/m1/s1. The topological polar surface area (TPSA) is 78.8 Å². The van der Waals surface area contributed by atoms with Crippen molar-refractivity contribution in [3.63, 3.8) is 0 Å². The lowest BCUT2D eigenvalue weighted by molar-refractivity contribution is -0.137. The Morgan fingerprint density at radius 2 is 1.83 bits per heavy atom. The average Bonchev–Trinajstić information content (AvgIpc) is 3.55. The summed E-state index contributed by atoms with van der Waals surface area (Å²) >= 11 is 0. The Morgan fingerprint density at radius 1 is 1.08 bits per heavy atom. The van der Waals surface area contributed by atoms with Crippen molar-refractivity contribution in [1.82, 2.24) is 0 Å². The largest absolute Gasteiger partial charge is 0.491 e. The monoisotopic (exact) mass is 485 g/mol. The van der Waals surface area contributed by atoms with Crippen molar-refractivity contribution in [2.24, 2.45) is 5.41 Å². The van der Waals surface area contributed by atoms with Crippen molar-refractivity contribution in [3.8, 4) is 16.9 Å². The summed E-state index contributed by atoms with van der Waals surface area (Å²) in [6.07, 6.45) is 3.52. The molecule has 0 aliphatic heterocycles. The van der Waals surface area contributed by atoms with Crippen LogP contribution < -0.4 is 10.1 Å². The number of hydrogen-bond acceptors (Lipinski definition) is 4. The summed E-state index contributed by atoms with van der Waals surface area (Å²) in [7, 11) is 0. The molecule has 188 valence electrons. The molecule has 3 N–H and O–H groups in total. The van der Waals surface area contributed by atoms with Crippen LogP contribution in [-0.2, 0) is 17.8 Å². The predicted octanol–water partition coefficient (Wildman–Crippen LogP) is 6.16. The summed E-state index contributed by atoms with van der Waals surface area (Å²) in [5, 5.41) is 22.1. The maximum absolute atomic E-state index is 11.4. The zero-order valence-corrected chi connectivity index (χ0v) is 21.4. The lowest BCUT2D eigenvalue weighted by Crippen LogP contribution is -2.13. The Labute approximate surface area is 213 Å². The molecule has 36 heavy (non-hydrogen) atoms. The Bertz CT molecular complexity index is 1280. The van der Waals surface area contributed by atoms with Crippen molar-refractivity contribution in [2.75, 3.05) is 18.5 Å². The van der Waals surface area contributed by atoms with Crippen LogP contribution in [0.2, 0.25) is 0 Å². The molecule has 0 aromatic heterocycles. The van der Waals surface area contributed by atoms with Crippen LogP contribution in [0.1, 0.15) is 58.6 Å². The van der Waals surface area contributed by atoms with Crippen molar-refractivity contribution < 1.29 is 19.7 Å². The van der Waals surface area contributed by atoms with Crippen molar-refractivity contribution in [1.29, 1.82) is 0 Å². The molecule has 0 heterocycles. The number of aliphatic hydroxyl groups is 1. The van der Waals surface area contributed by atoms with E-state index in [1.54, 1.807) is 0 Å². The molecule has 5 rings (SSSR count). The third-order valence-electron chi connectivity index (χ3n) is 8.14. The smallest absolute Gasteiger partial charge is 0.303 e. The predicted molar refractivity (Wildman–Crippen MR) is 143 cm³/mol. The molecule has 5 heteroatoms. The normalized spacial score (nSPS) is 17.2. The second-order valence-corrected chi connectivity index (χ2v) is 10.6. The van der Waals surface area contributed by atoms with E-state index in [0.717, 1.165) is 48.4 Å². The molecule has 5 nitrogen and oxygen atoms in total. The van der Waals surface area contributed by atoms with Crippen LogP contribution in [0.15, 0.2) is 48.5 Å². The van der Waals surface area contributed by atoms with Crippen LogP contribution in [0.5, 0.6) is 5.75 Å². The Kier molecular flexibility index (Phi) is 6.52. The minimum Gasteiger partial charge on any atom is -0.491 e. The first kappa shape index (κ1) is 24.4. The maximum Gasteiger partial charge on any atom is 0.303 e. The van der Waals surface area contributed by atoms with Gasteiger partial charge in [-0.25, -0.2) is 0 Å². The number of anilines is 1. The number of fused-ring (bicyclic) bond motifs is 1. The van der Waals surface area contributed by atoms with E-state index in [1.807, 2.05) is 12.1 Å². The highest BCUT2D eigenvalue weighted by atomic mass is 16.5. The van der Waals surface area contributed by atoms with Gasteiger partial charge in [0.25, 0.3) is 0 Å². The van der Waals surface area contributed by atoms with Gasteiger partial charge < -0.3 is 20.3 Å². The number of hydrogen-bond donors (Lipinski definition) is 3. The second-order valence-electron chi connectivity index (χ2n) is 10.6. The molecular formula is C31H35NO4. The molecule has 1 saturated carbocycles. The molecule has 0 radical (unpaired) electrons. The van der Waals surface area contributed by atoms with Gasteiger partial charge in [0, 0.05) is 18.2 Å². The Hall–Kier alpha value is -3.31. The van der Waals surface area contributed by atoms with Gasteiger partial charge in [-0.1, -0.05) is 24.3 Å². The number of aryl methyl sites for hydroxylation is 2. The van der Waals surface area contributed by atoms with E-state index in [2.05, 4.69) is 62.5 Å². The third kappa shape index (κ3) is 4.60. The minimum atomic E-state index is -0.700. The van der Waals surface area contributed by atoms with E-state index in [1.165, 1.54) is 33.4 Å².